The first-order valence-electron chi connectivity index (χ1n) is 7.69. The van der Waals surface area contributed by atoms with Gasteiger partial charge in [0.05, 0.1) is 7.11 Å². The van der Waals surface area contributed by atoms with Crippen LogP contribution in [0.15, 0.2) is 0 Å². The SMILES string of the molecule is COC(=O)CCCCCC(O)C#CCOC1CCCCO1. The van der Waals surface area contributed by atoms with Gasteiger partial charge in [-0.1, -0.05) is 18.3 Å². The van der Waals surface area contributed by atoms with Gasteiger partial charge in [0.2, 0.25) is 0 Å². The number of hydrogen-bond donors (Lipinski definition) is 1. The Balaban J connectivity index is 1.98. The summed E-state index contributed by atoms with van der Waals surface area (Å²) in [6.07, 6.45) is 5.97. The predicted octanol–water partition coefficient (Wildman–Crippen LogP) is 2.02. The molecular formula is C16H26O5. The highest BCUT2D eigenvalue weighted by Crippen LogP contribution is 2.13. The van der Waals surface area contributed by atoms with E-state index in [1.165, 1.54) is 7.11 Å². The molecule has 0 amide bonds. The molecular weight excluding hydrogens is 272 g/mol. The maximum Gasteiger partial charge on any atom is 0.305 e. The van der Waals surface area contributed by atoms with Crippen molar-refractivity contribution in [1.29, 1.82) is 0 Å². The van der Waals surface area contributed by atoms with Crippen LogP contribution < -0.4 is 0 Å². The van der Waals surface area contributed by atoms with E-state index in [1.54, 1.807) is 0 Å². The minimum atomic E-state index is -0.626. The van der Waals surface area contributed by atoms with Gasteiger partial charge in [-0.2, -0.15) is 0 Å². The summed E-state index contributed by atoms with van der Waals surface area (Å²) in [4.78, 5) is 10.9. The molecule has 5 heteroatoms. The van der Waals surface area contributed by atoms with Gasteiger partial charge in [0.25, 0.3) is 0 Å². The summed E-state index contributed by atoms with van der Waals surface area (Å²) in [6.45, 7) is 1.05. The van der Waals surface area contributed by atoms with Crippen molar-refractivity contribution in [2.75, 3.05) is 20.3 Å². The highest BCUT2D eigenvalue weighted by Gasteiger charge is 2.12. The van der Waals surface area contributed by atoms with Crippen LogP contribution in [0.5, 0.6) is 0 Å². The minimum Gasteiger partial charge on any atom is -0.469 e. The maximum atomic E-state index is 10.9. The molecule has 21 heavy (non-hydrogen) atoms. The van der Waals surface area contributed by atoms with Crippen LogP contribution in [0.2, 0.25) is 0 Å². The van der Waals surface area contributed by atoms with Crippen LogP contribution in [0.25, 0.3) is 0 Å². The van der Waals surface area contributed by atoms with Crippen molar-refractivity contribution < 1.29 is 24.1 Å². The van der Waals surface area contributed by atoms with Crippen molar-refractivity contribution >= 4 is 5.97 Å². The molecule has 0 aromatic rings. The Bertz CT molecular complexity index is 338. The molecule has 1 aliphatic heterocycles. The molecule has 0 aromatic heterocycles. The van der Waals surface area contributed by atoms with E-state index in [0.717, 1.165) is 45.1 Å². The molecule has 1 rings (SSSR count). The van der Waals surface area contributed by atoms with Gasteiger partial charge in [0.15, 0.2) is 6.29 Å². The molecule has 0 aliphatic carbocycles. The van der Waals surface area contributed by atoms with Crippen LogP contribution in [0, 0.1) is 11.8 Å². The molecule has 0 bridgehead atoms. The van der Waals surface area contributed by atoms with Crippen molar-refractivity contribution in [2.45, 2.75) is 63.8 Å². The van der Waals surface area contributed by atoms with Crippen molar-refractivity contribution in [3.05, 3.63) is 0 Å². The van der Waals surface area contributed by atoms with E-state index in [2.05, 4.69) is 16.6 Å². The third-order valence-corrected chi connectivity index (χ3v) is 3.33. The van der Waals surface area contributed by atoms with Gasteiger partial charge in [-0.25, -0.2) is 0 Å². The number of aliphatic hydroxyl groups excluding tert-OH is 1. The second-order valence-electron chi connectivity index (χ2n) is 5.12. The molecule has 1 N–H and O–H groups in total. The fraction of sp³-hybridized carbons (Fsp3) is 0.812. The second-order valence-corrected chi connectivity index (χ2v) is 5.12. The quantitative estimate of drug-likeness (QED) is 0.422. The van der Waals surface area contributed by atoms with Gasteiger partial charge in [-0.05, 0) is 38.5 Å². The standard InChI is InChI=1S/C16H26O5/c1-19-15(18)10-4-2-3-8-14(17)9-7-13-21-16-11-5-6-12-20-16/h14,16-17H,2-6,8,10-13H2,1H3. The first-order valence-corrected chi connectivity index (χ1v) is 7.69. The molecule has 1 heterocycles. The highest BCUT2D eigenvalue weighted by molar-refractivity contribution is 5.68. The average Bonchev–Trinajstić information content (AvgIpc) is 2.52. The number of carbonyl (C=O) groups is 1. The van der Waals surface area contributed by atoms with E-state index in [9.17, 15) is 9.90 Å². The van der Waals surface area contributed by atoms with E-state index in [-0.39, 0.29) is 12.3 Å². The Morgan fingerprint density at radius 1 is 1.38 bits per heavy atom. The monoisotopic (exact) mass is 298 g/mol. The van der Waals surface area contributed by atoms with Crippen LogP contribution in [0.4, 0.5) is 0 Å². The third-order valence-electron chi connectivity index (χ3n) is 3.33. The first kappa shape index (κ1) is 18.0. The largest absolute Gasteiger partial charge is 0.469 e. The topological polar surface area (TPSA) is 65.0 Å². The maximum absolute atomic E-state index is 10.9. The number of esters is 1. The summed E-state index contributed by atoms with van der Waals surface area (Å²) in [6, 6.07) is 0. The molecule has 5 nitrogen and oxygen atoms in total. The van der Waals surface area contributed by atoms with Gasteiger partial charge in [-0.15, -0.1) is 0 Å². The summed E-state index contributed by atoms with van der Waals surface area (Å²) in [5.74, 6) is 5.41. The molecule has 1 aliphatic rings. The van der Waals surface area contributed by atoms with Gasteiger partial charge < -0.3 is 19.3 Å². The lowest BCUT2D eigenvalue weighted by molar-refractivity contribution is -0.154. The van der Waals surface area contributed by atoms with Crippen molar-refractivity contribution in [2.24, 2.45) is 0 Å². The average molecular weight is 298 g/mol. The summed E-state index contributed by atoms with van der Waals surface area (Å²) in [5, 5.41) is 9.69. The highest BCUT2D eigenvalue weighted by atomic mass is 16.7. The minimum absolute atomic E-state index is 0.136. The van der Waals surface area contributed by atoms with Crippen LogP contribution in [-0.2, 0) is 19.0 Å². The predicted molar refractivity (Wildman–Crippen MR) is 78.4 cm³/mol. The van der Waals surface area contributed by atoms with E-state index in [1.807, 2.05) is 0 Å². The molecule has 0 aromatic carbocycles. The number of carbonyl (C=O) groups excluding carboxylic acids is 1. The fourth-order valence-corrected chi connectivity index (χ4v) is 2.09. The first-order chi connectivity index (χ1) is 10.2. The zero-order valence-corrected chi connectivity index (χ0v) is 12.8. The lowest BCUT2D eigenvalue weighted by atomic mass is 10.1. The van der Waals surface area contributed by atoms with Gasteiger partial charge in [0.1, 0.15) is 12.7 Å². The number of aliphatic hydroxyl groups is 1. The normalized spacial score (nSPS) is 19.4. The lowest BCUT2D eigenvalue weighted by Crippen LogP contribution is -2.22. The zero-order chi connectivity index (χ0) is 15.3. The molecule has 0 radical (unpaired) electrons. The van der Waals surface area contributed by atoms with E-state index >= 15 is 0 Å². The molecule has 1 saturated heterocycles. The Morgan fingerprint density at radius 2 is 2.24 bits per heavy atom. The molecule has 2 atom stereocenters. The van der Waals surface area contributed by atoms with Crippen LogP contribution in [0.1, 0.15) is 51.4 Å². The third kappa shape index (κ3) is 9.46. The zero-order valence-electron chi connectivity index (χ0n) is 12.8. The Kier molecular flexibility index (Phi) is 9.88. The molecule has 0 saturated carbocycles. The van der Waals surface area contributed by atoms with Crippen molar-refractivity contribution in [3.8, 4) is 11.8 Å². The van der Waals surface area contributed by atoms with Gasteiger partial charge in [-0.3, -0.25) is 4.79 Å². The van der Waals surface area contributed by atoms with Crippen molar-refractivity contribution in [3.63, 3.8) is 0 Å². The lowest BCUT2D eigenvalue weighted by Gasteiger charge is -2.21. The van der Waals surface area contributed by atoms with E-state index in [0.29, 0.717) is 19.4 Å². The molecule has 2 unspecified atom stereocenters. The Labute approximate surface area is 127 Å². The van der Waals surface area contributed by atoms with E-state index in [4.69, 9.17) is 9.47 Å². The number of ether oxygens (including phenoxy) is 3. The van der Waals surface area contributed by atoms with Crippen LogP contribution in [-0.4, -0.2) is 43.8 Å². The fourth-order valence-electron chi connectivity index (χ4n) is 2.09. The van der Waals surface area contributed by atoms with E-state index < -0.39 is 6.10 Å². The molecule has 120 valence electrons. The van der Waals surface area contributed by atoms with Crippen LogP contribution in [0.3, 0.4) is 0 Å². The molecule has 0 spiro atoms. The number of unbranched alkanes of at least 4 members (excludes halogenated alkanes) is 2. The number of hydrogen-bond acceptors (Lipinski definition) is 5. The van der Waals surface area contributed by atoms with Gasteiger partial charge >= 0.3 is 5.97 Å². The number of rotatable bonds is 8. The van der Waals surface area contributed by atoms with Crippen molar-refractivity contribution in [1.82, 2.24) is 0 Å². The van der Waals surface area contributed by atoms with Gasteiger partial charge in [0, 0.05) is 13.0 Å². The molecule has 1 fully saturated rings. The number of methoxy groups -OCH3 is 1. The summed E-state index contributed by atoms with van der Waals surface area (Å²) in [7, 11) is 1.39. The summed E-state index contributed by atoms with van der Waals surface area (Å²) >= 11 is 0. The Morgan fingerprint density at radius 3 is 2.95 bits per heavy atom. The summed E-state index contributed by atoms with van der Waals surface area (Å²) < 4.78 is 15.4. The summed E-state index contributed by atoms with van der Waals surface area (Å²) in [5.41, 5.74) is 0. The smallest absolute Gasteiger partial charge is 0.305 e. The van der Waals surface area contributed by atoms with Crippen LogP contribution >= 0.6 is 0 Å². The Hall–Kier alpha value is -1.09. The second kappa shape index (κ2) is 11.6.